The minimum Gasteiger partial charge on any atom is -0.447 e. The first-order chi connectivity index (χ1) is 10.2. The highest BCUT2D eigenvalue weighted by Crippen LogP contribution is 2.20. The van der Waals surface area contributed by atoms with Gasteiger partial charge in [-0.3, -0.25) is 4.79 Å². The fourth-order valence-electron chi connectivity index (χ4n) is 2.38. The van der Waals surface area contributed by atoms with Gasteiger partial charge in [0, 0.05) is 5.57 Å². The lowest BCUT2D eigenvalue weighted by Gasteiger charge is -2.20. The van der Waals surface area contributed by atoms with Crippen LogP contribution in [-0.4, -0.2) is 29.5 Å². The van der Waals surface area contributed by atoms with Crippen LogP contribution < -0.4 is 0 Å². The molecule has 1 fully saturated rings. The lowest BCUT2D eigenvalue weighted by Crippen LogP contribution is -2.40. The van der Waals surface area contributed by atoms with Gasteiger partial charge in [-0.15, -0.1) is 0 Å². The Kier molecular flexibility index (Phi) is 4.93. The molecule has 1 atom stereocenters. The molecule has 2 rings (SSSR count). The molecule has 1 aromatic rings. The SMILES string of the molecule is C=C/C=C(\CC)C(=O)N1C(=O)OC[C@H]1Cc1ccccc1. The fourth-order valence-corrected chi connectivity index (χ4v) is 2.38. The summed E-state index contributed by atoms with van der Waals surface area (Å²) >= 11 is 0. The minimum absolute atomic E-state index is 0.241. The van der Waals surface area contributed by atoms with E-state index < -0.39 is 6.09 Å². The molecule has 1 aliphatic heterocycles. The zero-order valence-electron chi connectivity index (χ0n) is 12.1. The number of carbonyl (C=O) groups is 2. The number of rotatable bonds is 5. The molecule has 0 unspecified atom stereocenters. The molecule has 1 saturated heterocycles. The van der Waals surface area contributed by atoms with Gasteiger partial charge in [-0.25, -0.2) is 9.69 Å². The molecule has 1 aliphatic rings. The highest BCUT2D eigenvalue weighted by atomic mass is 16.6. The Balaban J connectivity index is 2.19. The molecule has 4 heteroatoms. The number of imide groups is 1. The maximum Gasteiger partial charge on any atom is 0.417 e. The van der Waals surface area contributed by atoms with E-state index in [1.54, 1.807) is 12.2 Å². The van der Waals surface area contributed by atoms with Gasteiger partial charge < -0.3 is 4.74 Å². The average molecular weight is 285 g/mol. The maximum absolute atomic E-state index is 12.5. The van der Waals surface area contributed by atoms with Gasteiger partial charge in [0.15, 0.2) is 0 Å². The zero-order chi connectivity index (χ0) is 15.2. The van der Waals surface area contributed by atoms with Crippen molar-refractivity contribution in [2.45, 2.75) is 25.8 Å². The van der Waals surface area contributed by atoms with E-state index in [1.165, 1.54) is 4.90 Å². The molecule has 4 nitrogen and oxygen atoms in total. The summed E-state index contributed by atoms with van der Waals surface area (Å²) in [5.74, 6) is -0.291. The molecule has 0 bridgehead atoms. The number of amides is 2. The van der Waals surface area contributed by atoms with E-state index in [4.69, 9.17) is 4.74 Å². The maximum atomic E-state index is 12.5. The van der Waals surface area contributed by atoms with Crippen LogP contribution in [0.3, 0.4) is 0 Å². The van der Waals surface area contributed by atoms with E-state index in [-0.39, 0.29) is 18.6 Å². The Morgan fingerprint density at radius 1 is 1.43 bits per heavy atom. The Morgan fingerprint density at radius 2 is 2.14 bits per heavy atom. The van der Waals surface area contributed by atoms with Crippen LogP contribution in [0.4, 0.5) is 4.79 Å². The smallest absolute Gasteiger partial charge is 0.417 e. The molecule has 0 aromatic heterocycles. The molecule has 110 valence electrons. The average Bonchev–Trinajstić information content (AvgIpc) is 2.86. The number of cyclic esters (lactones) is 1. The lowest BCUT2D eigenvalue weighted by molar-refractivity contribution is -0.125. The Labute approximate surface area is 124 Å². The summed E-state index contributed by atoms with van der Waals surface area (Å²) in [5.41, 5.74) is 1.63. The summed E-state index contributed by atoms with van der Waals surface area (Å²) < 4.78 is 5.06. The molecule has 1 heterocycles. The van der Waals surface area contributed by atoms with E-state index in [1.807, 2.05) is 37.3 Å². The van der Waals surface area contributed by atoms with Gasteiger partial charge in [0.05, 0.1) is 6.04 Å². The highest BCUT2D eigenvalue weighted by Gasteiger charge is 2.38. The Hall–Kier alpha value is -2.36. The fraction of sp³-hybridized carbons (Fsp3) is 0.294. The predicted molar refractivity (Wildman–Crippen MR) is 80.7 cm³/mol. The second kappa shape index (κ2) is 6.88. The van der Waals surface area contributed by atoms with Crippen LogP contribution in [-0.2, 0) is 16.0 Å². The Bertz CT molecular complexity index is 563. The van der Waals surface area contributed by atoms with Crippen molar-refractivity contribution in [1.82, 2.24) is 4.90 Å². The van der Waals surface area contributed by atoms with Crippen LogP contribution >= 0.6 is 0 Å². The van der Waals surface area contributed by atoms with Gasteiger partial charge in [-0.2, -0.15) is 0 Å². The quantitative estimate of drug-likeness (QED) is 0.617. The van der Waals surface area contributed by atoms with Gasteiger partial charge in [0.1, 0.15) is 6.61 Å². The molecule has 0 spiro atoms. The van der Waals surface area contributed by atoms with E-state index in [0.717, 1.165) is 5.56 Å². The van der Waals surface area contributed by atoms with Gasteiger partial charge in [-0.05, 0) is 18.4 Å². The third-order valence-electron chi connectivity index (χ3n) is 3.47. The normalized spacial score (nSPS) is 18.5. The van der Waals surface area contributed by atoms with Crippen LogP contribution in [0, 0.1) is 0 Å². The van der Waals surface area contributed by atoms with Gasteiger partial charge >= 0.3 is 6.09 Å². The summed E-state index contributed by atoms with van der Waals surface area (Å²) in [4.78, 5) is 25.6. The number of benzene rings is 1. The van der Waals surface area contributed by atoms with Crippen LogP contribution in [0.5, 0.6) is 0 Å². The van der Waals surface area contributed by atoms with Crippen molar-refractivity contribution in [3.8, 4) is 0 Å². The van der Waals surface area contributed by atoms with Gasteiger partial charge in [0.2, 0.25) is 0 Å². The summed E-state index contributed by atoms with van der Waals surface area (Å²) in [6, 6.07) is 9.51. The predicted octanol–water partition coefficient (Wildman–Crippen LogP) is 3.10. The first kappa shape index (κ1) is 15.0. The van der Waals surface area contributed by atoms with Crippen molar-refractivity contribution in [3.63, 3.8) is 0 Å². The summed E-state index contributed by atoms with van der Waals surface area (Å²) in [6.07, 6.45) is 3.79. The molecule has 0 saturated carbocycles. The van der Waals surface area contributed by atoms with Crippen LogP contribution in [0.15, 0.2) is 54.6 Å². The first-order valence-corrected chi connectivity index (χ1v) is 7.03. The molecule has 0 N–H and O–H groups in total. The first-order valence-electron chi connectivity index (χ1n) is 7.03. The van der Waals surface area contributed by atoms with Crippen LogP contribution in [0.2, 0.25) is 0 Å². The van der Waals surface area contributed by atoms with Crippen molar-refractivity contribution in [2.75, 3.05) is 6.61 Å². The van der Waals surface area contributed by atoms with E-state index in [0.29, 0.717) is 18.4 Å². The standard InChI is InChI=1S/C17H19NO3/c1-3-8-14(4-2)16(19)18-15(12-21-17(18)20)11-13-9-6-5-7-10-13/h3,5-10,15H,1,4,11-12H2,2H3/b14-8+/t15-/m1/s1. The third-order valence-corrected chi connectivity index (χ3v) is 3.47. The van der Waals surface area contributed by atoms with Crippen molar-refractivity contribution in [3.05, 3.63) is 60.2 Å². The molecular formula is C17H19NO3. The summed E-state index contributed by atoms with van der Waals surface area (Å²) in [7, 11) is 0. The lowest BCUT2D eigenvalue weighted by atomic mass is 10.0. The van der Waals surface area contributed by atoms with Crippen molar-refractivity contribution in [1.29, 1.82) is 0 Å². The molecule has 2 amide bonds. The van der Waals surface area contributed by atoms with Gasteiger partial charge in [0.25, 0.3) is 5.91 Å². The molecule has 0 aliphatic carbocycles. The summed E-state index contributed by atoms with van der Waals surface area (Å²) in [5, 5.41) is 0. The van der Waals surface area contributed by atoms with Crippen molar-refractivity contribution in [2.24, 2.45) is 0 Å². The second-order valence-corrected chi connectivity index (χ2v) is 4.88. The number of carbonyl (C=O) groups excluding carboxylic acids is 2. The minimum atomic E-state index is -0.565. The molecule has 21 heavy (non-hydrogen) atoms. The van der Waals surface area contributed by atoms with Crippen LogP contribution in [0.25, 0.3) is 0 Å². The van der Waals surface area contributed by atoms with Crippen molar-refractivity contribution < 1.29 is 14.3 Å². The monoisotopic (exact) mass is 285 g/mol. The van der Waals surface area contributed by atoms with Crippen LogP contribution in [0.1, 0.15) is 18.9 Å². The topological polar surface area (TPSA) is 46.6 Å². The van der Waals surface area contributed by atoms with E-state index >= 15 is 0 Å². The molecule has 1 aromatic carbocycles. The number of hydrogen-bond donors (Lipinski definition) is 0. The summed E-state index contributed by atoms with van der Waals surface area (Å²) in [6.45, 7) is 5.72. The third kappa shape index (κ3) is 3.40. The zero-order valence-corrected chi connectivity index (χ0v) is 12.1. The van der Waals surface area contributed by atoms with Crippen molar-refractivity contribution >= 4 is 12.0 Å². The number of allylic oxidation sites excluding steroid dienone is 2. The number of ether oxygens (including phenoxy) is 1. The largest absolute Gasteiger partial charge is 0.447 e. The number of hydrogen-bond acceptors (Lipinski definition) is 3. The highest BCUT2D eigenvalue weighted by molar-refractivity contribution is 6.03. The van der Waals surface area contributed by atoms with E-state index in [9.17, 15) is 9.59 Å². The van der Waals surface area contributed by atoms with Gasteiger partial charge in [-0.1, -0.05) is 56.0 Å². The molecular weight excluding hydrogens is 266 g/mol. The van der Waals surface area contributed by atoms with E-state index in [2.05, 4.69) is 6.58 Å². The molecule has 0 radical (unpaired) electrons. The Morgan fingerprint density at radius 3 is 2.76 bits per heavy atom. The number of nitrogens with zero attached hydrogens (tertiary/aromatic N) is 1. The second-order valence-electron chi connectivity index (χ2n) is 4.88.